The van der Waals surface area contributed by atoms with Crippen LogP contribution < -0.4 is 11.4 Å². The molecule has 1 aliphatic rings. The molecule has 0 saturated carbocycles. The fourth-order valence-electron chi connectivity index (χ4n) is 1.84. The summed E-state index contributed by atoms with van der Waals surface area (Å²) in [5.41, 5.74) is 5.16. The molecule has 0 aliphatic carbocycles. The second kappa shape index (κ2) is 4.16. The summed E-state index contributed by atoms with van der Waals surface area (Å²) >= 11 is 0. The van der Waals surface area contributed by atoms with Crippen LogP contribution in [0.25, 0.3) is 0 Å². The highest BCUT2D eigenvalue weighted by molar-refractivity contribution is 4.91. The Hall–Kier alpha value is -1.14. The van der Waals surface area contributed by atoms with Crippen LogP contribution in [0.4, 0.5) is 0 Å². The zero-order valence-corrected chi connectivity index (χ0v) is 8.59. The van der Waals surface area contributed by atoms with Crippen LogP contribution in [0.1, 0.15) is 18.7 Å². The normalized spacial score (nSPS) is 17.5. The molecule has 0 aromatic carbocycles. The van der Waals surface area contributed by atoms with Gasteiger partial charge in [0.15, 0.2) is 0 Å². The molecule has 1 atom stereocenters. The molecule has 0 amide bonds. The number of hydrogen-bond donors (Lipinski definition) is 2. The monoisotopic (exact) mass is 212 g/mol. The van der Waals surface area contributed by atoms with E-state index in [0.29, 0.717) is 0 Å². The SMILES string of the molecule is NCC(O)Cn1nc2n(c1=O)CCCC2. The first-order chi connectivity index (χ1) is 7.22. The van der Waals surface area contributed by atoms with Gasteiger partial charge in [0.2, 0.25) is 0 Å². The Kier molecular flexibility index (Phi) is 2.88. The average Bonchev–Trinajstić information content (AvgIpc) is 2.57. The first kappa shape index (κ1) is 10.4. The number of rotatable bonds is 3. The number of hydrogen-bond acceptors (Lipinski definition) is 4. The van der Waals surface area contributed by atoms with Gasteiger partial charge < -0.3 is 10.8 Å². The van der Waals surface area contributed by atoms with Gasteiger partial charge in [-0.15, -0.1) is 0 Å². The number of aliphatic hydroxyl groups excluding tert-OH is 1. The van der Waals surface area contributed by atoms with E-state index in [9.17, 15) is 9.90 Å². The average molecular weight is 212 g/mol. The fourth-order valence-corrected chi connectivity index (χ4v) is 1.84. The number of aliphatic hydroxyl groups is 1. The lowest BCUT2D eigenvalue weighted by Crippen LogP contribution is -2.33. The molecule has 15 heavy (non-hydrogen) atoms. The van der Waals surface area contributed by atoms with Gasteiger partial charge in [-0.25, -0.2) is 9.48 Å². The quantitative estimate of drug-likeness (QED) is 0.652. The lowest BCUT2D eigenvalue weighted by molar-refractivity contribution is 0.155. The van der Waals surface area contributed by atoms with E-state index in [1.165, 1.54) is 4.68 Å². The molecule has 1 aromatic heterocycles. The van der Waals surface area contributed by atoms with Crippen LogP contribution in [0.2, 0.25) is 0 Å². The highest BCUT2D eigenvalue weighted by atomic mass is 16.3. The van der Waals surface area contributed by atoms with E-state index in [1.807, 2.05) is 0 Å². The second-order valence-electron chi connectivity index (χ2n) is 3.88. The van der Waals surface area contributed by atoms with E-state index in [1.54, 1.807) is 4.57 Å². The zero-order chi connectivity index (χ0) is 10.8. The summed E-state index contributed by atoms with van der Waals surface area (Å²) in [6.07, 6.45) is 2.26. The summed E-state index contributed by atoms with van der Waals surface area (Å²) in [4.78, 5) is 11.8. The molecule has 6 heteroatoms. The summed E-state index contributed by atoms with van der Waals surface area (Å²) in [7, 11) is 0. The number of nitrogens with zero attached hydrogens (tertiary/aromatic N) is 3. The van der Waals surface area contributed by atoms with E-state index in [0.717, 1.165) is 31.6 Å². The van der Waals surface area contributed by atoms with E-state index in [-0.39, 0.29) is 18.8 Å². The Morgan fingerprint density at radius 2 is 2.33 bits per heavy atom. The Balaban J connectivity index is 2.25. The van der Waals surface area contributed by atoms with Crippen molar-refractivity contribution in [3.63, 3.8) is 0 Å². The number of aryl methyl sites for hydroxylation is 1. The van der Waals surface area contributed by atoms with Gasteiger partial charge in [-0.2, -0.15) is 5.10 Å². The van der Waals surface area contributed by atoms with Crippen LogP contribution in [0.3, 0.4) is 0 Å². The summed E-state index contributed by atoms with van der Waals surface area (Å²) < 4.78 is 3.00. The predicted octanol–water partition coefficient (Wildman–Crippen LogP) is -1.30. The van der Waals surface area contributed by atoms with Crippen LogP contribution in [0, 0.1) is 0 Å². The van der Waals surface area contributed by atoms with Crippen LogP contribution in [0.5, 0.6) is 0 Å². The number of nitrogens with two attached hydrogens (primary N) is 1. The van der Waals surface area contributed by atoms with Crippen LogP contribution in [0.15, 0.2) is 4.79 Å². The van der Waals surface area contributed by atoms with Crippen molar-refractivity contribution in [1.29, 1.82) is 0 Å². The molecule has 1 aromatic rings. The molecule has 84 valence electrons. The largest absolute Gasteiger partial charge is 0.390 e. The second-order valence-corrected chi connectivity index (χ2v) is 3.88. The lowest BCUT2D eigenvalue weighted by Gasteiger charge is -2.09. The summed E-state index contributed by atoms with van der Waals surface area (Å²) in [5.74, 6) is 0.829. The molecule has 0 spiro atoms. The minimum absolute atomic E-state index is 0.128. The molecular formula is C9H16N4O2. The maximum absolute atomic E-state index is 11.8. The topological polar surface area (TPSA) is 86.1 Å². The van der Waals surface area contributed by atoms with Crippen molar-refractivity contribution in [2.75, 3.05) is 6.54 Å². The molecule has 0 radical (unpaired) electrons. The van der Waals surface area contributed by atoms with Crippen molar-refractivity contribution in [2.45, 2.75) is 38.5 Å². The van der Waals surface area contributed by atoms with E-state index in [2.05, 4.69) is 5.10 Å². The summed E-state index contributed by atoms with van der Waals surface area (Å²) in [5, 5.41) is 13.6. The van der Waals surface area contributed by atoms with Gasteiger partial charge in [-0.1, -0.05) is 0 Å². The molecule has 0 fully saturated rings. The molecule has 2 heterocycles. The zero-order valence-electron chi connectivity index (χ0n) is 8.59. The molecule has 3 N–H and O–H groups in total. The minimum Gasteiger partial charge on any atom is -0.390 e. The molecule has 1 unspecified atom stereocenters. The Morgan fingerprint density at radius 1 is 1.53 bits per heavy atom. The Bertz CT molecular complexity index is 395. The van der Waals surface area contributed by atoms with Gasteiger partial charge in [0.1, 0.15) is 5.82 Å². The Morgan fingerprint density at radius 3 is 3.00 bits per heavy atom. The highest BCUT2D eigenvalue weighted by Gasteiger charge is 2.17. The lowest BCUT2D eigenvalue weighted by atomic mass is 10.2. The van der Waals surface area contributed by atoms with Gasteiger partial charge in [0, 0.05) is 19.5 Å². The van der Waals surface area contributed by atoms with Gasteiger partial charge >= 0.3 is 5.69 Å². The smallest absolute Gasteiger partial charge is 0.346 e. The van der Waals surface area contributed by atoms with Crippen molar-refractivity contribution < 1.29 is 5.11 Å². The van der Waals surface area contributed by atoms with Crippen molar-refractivity contribution in [1.82, 2.24) is 14.3 Å². The van der Waals surface area contributed by atoms with Crippen LogP contribution in [-0.4, -0.2) is 32.1 Å². The predicted molar refractivity (Wildman–Crippen MR) is 54.5 cm³/mol. The molecule has 0 saturated heterocycles. The Labute approximate surface area is 87.3 Å². The maximum atomic E-state index is 11.8. The van der Waals surface area contributed by atoms with Gasteiger partial charge in [-0.3, -0.25) is 4.57 Å². The third-order valence-corrected chi connectivity index (χ3v) is 2.69. The van der Waals surface area contributed by atoms with Gasteiger partial charge in [0.05, 0.1) is 12.6 Å². The van der Waals surface area contributed by atoms with Gasteiger partial charge in [0.25, 0.3) is 0 Å². The standard InChI is InChI=1S/C9H16N4O2/c10-5-7(14)6-13-9(15)12-4-2-1-3-8(12)11-13/h7,14H,1-6,10H2. The first-order valence-electron chi connectivity index (χ1n) is 5.27. The van der Waals surface area contributed by atoms with Crippen molar-refractivity contribution in [3.8, 4) is 0 Å². The molecule has 2 rings (SSSR count). The van der Waals surface area contributed by atoms with Crippen LogP contribution in [-0.2, 0) is 19.5 Å². The first-order valence-corrected chi connectivity index (χ1v) is 5.27. The number of aromatic nitrogens is 3. The van der Waals surface area contributed by atoms with E-state index >= 15 is 0 Å². The van der Waals surface area contributed by atoms with Gasteiger partial charge in [-0.05, 0) is 12.8 Å². The van der Waals surface area contributed by atoms with Crippen molar-refractivity contribution in [2.24, 2.45) is 5.73 Å². The summed E-state index contributed by atoms with van der Waals surface area (Å²) in [6.45, 7) is 1.08. The van der Waals surface area contributed by atoms with Crippen molar-refractivity contribution in [3.05, 3.63) is 16.3 Å². The van der Waals surface area contributed by atoms with Crippen molar-refractivity contribution >= 4 is 0 Å². The summed E-state index contributed by atoms with van der Waals surface area (Å²) in [6, 6.07) is 0. The minimum atomic E-state index is -0.695. The third kappa shape index (κ3) is 1.95. The van der Waals surface area contributed by atoms with E-state index in [4.69, 9.17) is 5.73 Å². The highest BCUT2D eigenvalue weighted by Crippen LogP contribution is 2.09. The fraction of sp³-hybridized carbons (Fsp3) is 0.778. The molecule has 1 aliphatic heterocycles. The van der Waals surface area contributed by atoms with Crippen LogP contribution >= 0.6 is 0 Å². The molecule has 0 bridgehead atoms. The maximum Gasteiger partial charge on any atom is 0.346 e. The third-order valence-electron chi connectivity index (χ3n) is 2.69. The number of fused-ring (bicyclic) bond motifs is 1. The molecule has 6 nitrogen and oxygen atoms in total. The molecular weight excluding hydrogens is 196 g/mol. The van der Waals surface area contributed by atoms with E-state index < -0.39 is 6.10 Å².